The summed E-state index contributed by atoms with van der Waals surface area (Å²) in [7, 11) is 0. The number of aromatic nitrogens is 4. The van der Waals surface area contributed by atoms with E-state index in [0.717, 1.165) is 37.2 Å². The van der Waals surface area contributed by atoms with Crippen molar-refractivity contribution in [3.63, 3.8) is 0 Å². The average Bonchev–Trinajstić information content (AvgIpc) is 3.60. The summed E-state index contributed by atoms with van der Waals surface area (Å²) in [5.74, 6) is 0.512. The first-order chi connectivity index (χ1) is 17.8. The molecule has 1 saturated heterocycles. The maximum atomic E-state index is 10.0. The second kappa shape index (κ2) is 9.55. The van der Waals surface area contributed by atoms with E-state index >= 15 is 0 Å². The molecule has 2 fully saturated rings. The lowest BCUT2D eigenvalue weighted by atomic mass is 10.1. The molecule has 0 radical (unpaired) electrons. The lowest BCUT2D eigenvalue weighted by molar-refractivity contribution is -0.158. The van der Waals surface area contributed by atoms with Gasteiger partial charge in [-0.05, 0) is 46.2 Å². The molecule has 194 valence electrons. The number of benzene rings is 1. The number of anilines is 2. The van der Waals surface area contributed by atoms with Crippen LogP contribution in [-0.4, -0.2) is 55.7 Å². The van der Waals surface area contributed by atoms with E-state index in [0.29, 0.717) is 24.7 Å². The number of ether oxygens (including phenoxy) is 2. The van der Waals surface area contributed by atoms with Crippen molar-refractivity contribution in [2.24, 2.45) is 5.92 Å². The summed E-state index contributed by atoms with van der Waals surface area (Å²) < 4.78 is 13.5. The van der Waals surface area contributed by atoms with Crippen molar-refractivity contribution in [3.8, 4) is 10.6 Å². The highest BCUT2D eigenvalue weighted by Gasteiger charge is 2.54. The molecule has 0 spiro atoms. The number of thiazole rings is 2. The van der Waals surface area contributed by atoms with Gasteiger partial charge in [0.15, 0.2) is 5.79 Å². The lowest BCUT2D eigenvalue weighted by Gasteiger charge is -2.25. The molecule has 9 nitrogen and oxygen atoms in total. The van der Waals surface area contributed by atoms with Gasteiger partial charge >= 0.3 is 0 Å². The van der Waals surface area contributed by atoms with Crippen LogP contribution in [0.3, 0.4) is 0 Å². The van der Waals surface area contributed by atoms with Crippen LogP contribution in [0.1, 0.15) is 36.7 Å². The minimum absolute atomic E-state index is 0.0103. The summed E-state index contributed by atoms with van der Waals surface area (Å²) in [5.41, 5.74) is 3.65. The number of hydrogen-bond acceptors (Lipinski definition) is 11. The molecule has 2 aliphatic rings. The fraction of sp³-hybridized carbons (Fsp3) is 0.462. The predicted octanol–water partition coefficient (Wildman–Crippen LogP) is 4.75. The average molecular weight is 539 g/mol. The highest BCUT2D eigenvalue weighted by molar-refractivity contribution is 7.21. The topological polar surface area (TPSA) is 114 Å². The van der Waals surface area contributed by atoms with E-state index in [2.05, 4.69) is 21.7 Å². The highest BCUT2D eigenvalue weighted by Crippen LogP contribution is 2.44. The SMILES string of the molecule is Cc1csc(CNc2nc(C)c(-c3nc4ccccc4s3)c(N[C@@H]3C[C@H](CO)[C@H]4OC(C)(C)O[C@H]43)n2)n1. The molecule has 4 aromatic rings. The molecule has 4 heterocycles. The number of nitrogens with one attached hydrogen (secondary N) is 2. The quantitative estimate of drug-likeness (QED) is 0.307. The Bertz CT molecular complexity index is 1400. The van der Waals surface area contributed by atoms with Crippen molar-refractivity contribution in [1.29, 1.82) is 0 Å². The summed E-state index contributed by atoms with van der Waals surface area (Å²) >= 11 is 3.24. The number of nitrogens with zero attached hydrogens (tertiary/aromatic N) is 4. The van der Waals surface area contributed by atoms with Crippen LogP contribution in [0.5, 0.6) is 0 Å². The van der Waals surface area contributed by atoms with E-state index in [1.807, 2.05) is 51.3 Å². The Labute approximate surface area is 223 Å². The molecular weight excluding hydrogens is 508 g/mol. The zero-order valence-electron chi connectivity index (χ0n) is 21.2. The van der Waals surface area contributed by atoms with Crippen molar-refractivity contribution in [3.05, 3.63) is 46.0 Å². The summed E-state index contributed by atoms with van der Waals surface area (Å²) in [6.07, 6.45) is 0.350. The first kappa shape index (κ1) is 24.6. The smallest absolute Gasteiger partial charge is 0.225 e. The molecule has 1 aromatic carbocycles. The van der Waals surface area contributed by atoms with Gasteiger partial charge in [-0.3, -0.25) is 0 Å². The minimum Gasteiger partial charge on any atom is -0.396 e. The Morgan fingerprint density at radius 1 is 1.08 bits per heavy atom. The fourth-order valence-electron chi connectivity index (χ4n) is 5.21. The maximum absolute atomic E-state index is 10.0. The number of aliphatic hydroxyl groups is 1. The van der Waals surface area contributed by atoms with Gasteiger partial charge < -0.3 is 25.2 Å². The van der Waals surface area contributed by atoms with Gasteiger partial charge in [-0.2, -0.15) is 4.98 Å². The Kier molecular flexibility index (Phi) is 6.36. The molecular formula is C26H30N6O3S2. The van der Waals surface area contributed by atoms with Gasteiger partial charge in [0, 0.05) is 23.6 Å². The van der Waals surface area contributed by atoms with E-state index in [-0.39, 0.29) is 30.8 Å². The lowest BCUT2D eigenvalue weighted by Crippen LogP contribution is -2.35. The van der Waals surface area contributed by atoms with Gasteiger partial charge in [-0.25, -0.2) is 15.0 Å². The molecule has 3 aromatic heterocycles. The molecule has 6 rings (SSSR count). The summed E-state index contributed by atoms with van der Waals surface area (Å²) in [6.45, 7) is 8.40. The van der Waals surface area contributed by atoms with Gasteiger partial charge in [0.2, 0.25) is 5.95 Å². The van der Waals surface area contributed by atoms with Crippen molar-refractivity contribution < 1.29 is 14.6 Å². The zero-order valence-corrected chi connectivity index (χ0v) is 22.8. The van der Waals surface area contributed by atoms with E-state index < -0.39 is 5.79 Å². The van der Waals surface area contributed by atoms with Crippen molar-refractivity contribution in [2.45, 2.75) is 64.7 Å². The molecule has 0 bridgehead atoms. The number of para-hydroxylation sites is 1. The second-order valence-corrected chi connectivity index (χ2v) is 12.0. The van der Waals surface area contributed by atoms with Crippen LogP contribution in [-0.2, 0) is 16.0 Å². The Morgan fingerprint density at radius 2 is 1.89 bits per heavy atom. The monoisotopic (exact) mass is 538 g/mol. The summed E-state index contributed by atoms with van der Waals surface area (Å²) in [5, 5.41) is 20.9. The van der Waals surface area contributed by atoms with E-state index in [9.17, 15) is 5.11 Å². The third-order valence-corrected chi connectivity index (χ3v) is 8.82. The summed E-state index contributed by atoms with van der Waals surface area (Å²) in [4.78, 5) is 19.1. The summed E-state index contributed by atoms with van der Waals surface area (Å²) in [6, 6.07) is 8.02. The van der Waals surface area contributed by atoms with Crippen molar-refractivity contribution in [2.75, 3.05) is 17.2 Å². The number of rotatable bonds is 7. The molecule has 1 saturated carbocycles. The van der Waals surface area contributed by atoms with Gasteiger partial charge in [0.25, 0.3) is 0 Å². The van der Waals surface area contributed by atoms with Gasteiger partial charge in [-0.15, -0.1) is 22.7 Å². The highest BCUT2D eigenvalue weighted by atomic mass is 32.1. The van der Waals surface area contributed by atoms with Gasteiger partial charge in [-0.1, -0.05) is 12.1 Å². The van der Waals surface area contributed by atoms with E-state index in [4.69, 9.17) is 24.4 Å². The van der Waals surface area contributed by atoms with Crippen LogP contribution in [0, 0.1) is 19.8 Å². The van der Waals surface area contributed by atoms with Crippen LogP contribution in [0.25, 0.3) is 20.8 Å². The van der Waals surface area contributed by atoms with E-state index in [1.165, 1.54) is 0 Å². The maximum Gasteiger partial charge on any atom is 0.225 e. The first-order valence-corrected chi connectivity index (χ1v) is 14.1. The third-order valence-electron chi connectivity index (χ3n) is 6.80. The number of fused-ring (bicyclic) bond motifs is 2. The van der Waals surface area contributed by atoms with Crippen LogP contribution in [0.15, 0.2) is 29.6 Å². The zero-order chi connectivity index (χ0) is 25.7. The molecule has 4 atom stereocenters. The van der Waals surface area contributed by atoms with Crippen molar-refractivity contribution in [1.82, 2.24) is 19.9 Å². The van der Waals surface area contributed by atoms with E-state index in [1.54, 1.807) is 22.7 Å². The predicted molar refractivity (Wildman–Crippen MR) is 146 cm³/mol. The van der Waals surface area contributed by atoms with Crippen molar-refractivity contribution >= 4 is 44.7 Å². The van der Waals surface area contributed by atoms with Crippen LogP contribution in [0.2, 0.25) is 0 Å². The minimum atomic E-state index is -0.695. The Balaban J connectivity index is 1.37. The Hall–Kier alpha value is -2.70. The number of hydrogen-bond donors (Lipinski definition) is 3. The van der Waals surface area contributed by atoms with Gasteiger partial charge in [0.05, 0.1) is 40.2 Å². The van der Waals surface area contributed by atoms with Gasteiger partial charge in [0.1, 0.15) is 21.9 Å². The van der Waals surface area contributed by atoms with Crippen LogP contribution < -0.4 is 10.6 Å². The second-order valence-electron chi connectivity index (χ2n) is 10.1. The molecule has 3 N–H and O–H groups in total. The van der Waals surface area contributed by atoms with Crippen LogP contribution in [0.4, 0.5) is 11.8 Å². The largest absolute Gasteiger partial charge is 0.396 e. The number of aryl methyl sites for hydroxylation is 2. The normalized spacial score (nSPS) is 24.5. The van der Waals surface area contributed by atoms with Crippen LogP contribution >= 0.6 is 22.7 Å². The third kappa shape index (κ3) is 4.82. The molecule has 1 aliphatic heterocycles. The molecule has 37 heavy (non-hydrogen) atoms. The fourth-order valence-corrected chi connectivity index (χ4v) is 6.99. The molecule has 11 heteroatoms. The molecule has 0 unspecified atom stereocenters. The molecule has 1 aliphatic carbocycles. The Morgan fingerprint density at radius 3 is 2.65 bits per heavy atom. The standard InChI is InChI=1S/C26H30N6O3S2/c1-13-12-36-19(28-13)10-27-25-29-14(2)20(24-31-16-7-5-6-8-18(16)37-24)23(32-25)30-17-9-15(11-33)21-22(17)35-26(3,4)34-21/h5-8,12,15,17,21-22,33H,9-11H2,1-4H3,(H2,27,29,30,32)/t15-,17-,21-,22+/m1/s1. The molecule has 0 amide bonds. The first-order valence-electron chi connectivity index (χ1n) is 12.4. The number of aliphatic hydroxyl groups excluding tert-OH is 1.